The first kappa shape index (κ1) is 15.8. The Kier molecular flexibility index (Phi) is 4.79. The van der Waals surface area contributed by atoms with Gasteiger partial charge in [-0.2, -0.15) is 0 Å². The lowest BCUT2D eigenvalue weighted by Gasteiger charge is -2.33. The third-order valence-electron chi connectivity index (χ3n) is 3.79. The van der Waals surface area contributed by atoms with E-state index in [1.165, 1.54) is 7.11 Å². The van der Waals surface area contributed by atoms with Crippen LogP contribution in [0, 0.1) is 0 Å². The quantitative estimate of drug-likeness (QED) is 0.867. The van der Waals surface area contributed by atoms with Gasteiger partial charge in [0, 0.05) is 17.8 Å². The van der Waals surface area contributed by atoms with E-state index in [1.54, 1.807) is 23.2 Å². The first-order valence-electron chi connectivity index (χ1n) is 7.34. The lowest BCUT2D eigenvalue weighted by atomic mass is 10.1. The van der Waals surface area contributed by atoms with Gasteiger partial charge in [-0.15, -0.1) is 0 Å². The zero-order chi connectivity index (χ0) is 16.2. The summed E-state index contributed by atoms with van der Waals surface area (Å²) in [6.45, 7) is 1.48. The van der Waals surface area contributed by atoms with E-state index in [-0.39, 0.29) is 12.0 Å². The van der Waals surface area contributed by atoms with E-state index in [2.05, 4.69) is 4.98 Å². The highest BCUT2D eigenvalue weighted by Crippen LogP contribution is 2.25. The predicted octanol–water partition coefficient (Wildman–Crippen LogP) is 2.96. The lowest BCUT2D eigenvalue weighted by Crippen LogP contribution is -2.42. The summed E-state index contributed by atoms with van der Waals surface area (Å²) < 4.78 is 11.0. The van der Waals surface area contributed by atoms with Crippen molar-refractivity contribution >= 4 is 17.5 Å². The van der Waals surface area contributed by atoms with Gasteiger partial charge in [-0.25, -0.2) is 4.98 Å². The summed E-state index contributed by atoms with van der Waals surface area (Å²) in [5, 5.41) is 0.677. The van der Waals surface area contributed by atoms with Gasteiger partial charge in [-0.1, -0.05) is 23.7 Å². The van der Waals surface area contributed by atoms with E-state index in [1.807, 2.05) is 24.3 Å². The molecule has 6 heteroatoms. The zero-order valence-corrected chi connectivity index (χ0v) is 13.5. The minimum Gasteiger partial charge on any atom is -0.494 e. The third kappa shape index (κ3) is 3.46. The Morgan fingerprint density at radius 2 is 2.13 bits per heavy atom. The van der Waals surface area contributed by atoms with E-state index >= 15 is 0 Å². The van der Waals surface area contributed by atoms with E-state index in [9.17, 15) is 4.79 Å². The number of carbonyl (C=O) groups is 1. The number of methoxy groups -OCH3 is 1. The molecule has 5 nitrogen and oxygen atoms in total. The van der Waals surface area contributed by atoms with Crippen LogP contribution in [0.15, 0.2) is 42.6 Å². The van der Waals surface area contributed by atoms with Crippen LogP contribution >= 0.6 is 11.6 Å². The van der Waals surface area contributed by atoms with Crippen molar-refractivity contribution in [3.63, 3.8) is 0 Å². The molecule has 0 saturated carbocycles. The van der Waals surface area contributed by atoms with Gasteiger partial charge >= 0.3 is 0 Å². The first-order chi connectivity index (χ1) is 11.2. The molecule has 0 radical (unpaired) electrons. The summed E-state index contributed by atoms with van der Waals surface area (Å²) in [4.78, 5) is 18.6. The normalized spacial score (nSPS) is 17.8. The van der Waals surface area contributed by atoms with Crippen LogP contribution in [0.4, 0.5) is 0 Å². The average Bonchev–Trinajstić information content (AvgIpc) is 2.62. The maximum Gasteiger partial charge on any atom is 0.276 e. The summed E-state index contributed by atoms with van der Waals surface area (Å²) >= 11 is 5.92. The number of carbonyl (C=O) groups excluding carboxylic acids is 1. The Morgan fingerprint density at radius 1 is 1.35 bits per heavy atom. The van der Waals surface area contributed by atoms with Crippen LogP contribution in [-0.4, -0.2) is 42.6 Å². The van der Waals surface area contributed by atoms with Gasteiger partial charge in [-0.05, 0) is 29.8 Å². The number of nitrogens with zero attached hydrogens (tertiary/aromatic N) is 2. The van der Waals surface area contributed by atoms with E-state index in [4.69, 9.17) is 21.1 Å². The number of ether oxygens (including phenoxy) is 2. The highest BCUT2D eigenvalue weighted by atomic mass is 35.5. The summed E-state index contributed by atoms with van der Waals surface area (Å²) in [6, 6.07) is 11.0. The molecule has 2 aromatic rings. The molecule has 1 saturated heterocycles. The number of hydrogen-bond acceptors (Lipinski definition) is 4. The van der Waals surface area contributed by atoms with Gasteiger partial charge in [0.05, 0.1) is 20.3 Å². The molecule has 1 aromatic carbocycles. The fraction of sp³-hybridized carbons (Fsp3) is 0.294. The van der Waals surface area contributed by atoms with Crippen LogP contribution in [-0.2, 0) is 4.74 Å². The second kappa shape index (κ2) is 6.98. The molecule has 23 heavy (non-hydrogen) atoms. The summed E-state index contributed by atoms with van der Waals surface area (Å²) in [5.74, 6) is 0.330. The third-order valence-corrected chi connectivity index (χ3v) is 4.04. The smallest absolute Gasteiger partial charge is 0.276 e. The minimum absolute atomic E-state index is 0.148. The number of pyridine rings is 1. The van der Waals surface area contributed by atoms with Crippen molar-refractivity contribution in [1.82, 2.24) is 9.88 Å². The highest BCUT2D eigenvalue weighted by molar-refractivity contribution is 6.30. The molecule has 1 fully saturated rings. The van der Waals surface area contributed by atoms with Crippen molar-refractivity contribution in [2.45, 2.75) is 6.10 Å². The van der Waals surface area contributed by atoms with Gasteiger partial charge < -0.3 is 14.4 Å². The van der Waals surface area contributed by atoms with Crippen molar-refractivity contribution in [2.24, 2.45) is 0 Å². The van der Waals surface area contributed by atoms with Crippen molar-refractivity contribution in [2.75, 3.05) is 26.8 Å². The Labute approximate surface area is 139 Å². The molecule has 2 heterocycles. The Balaban J connectivity index is 1.78. The zero-order valence-electron chi connectivity index (χ0n) is 12.7. The molecule has 0 bridgehead atoms. The summed E-state index contributed by atoms with van der Waals surface area (Å²) in [5.41, 5.74) is 1.33. The maximum atomic E-state index is 12.7. The Morgan fingerprint density at radius 3 is 2.87 bits per heavy atom. The molecule has 0 unspecified atom stereocenters. The van der Waals surface area contributed by atoms with Crippen LogP contribution < -0.4 is 4.74 Å². The van der Waals surface area contributed by atoms with Crippen molar-refractivity contribution in [3.8, 4) is 5.75 Å². The van der Waals surface area contributed by atoms with Gasteiger partial charge in [0.2, 0.25) is 0 Å². The standard InChI is InChI=1S/C17H17ClN2O3/c1-22-14-3-2-8-19-16(14)17(21)20-9-10-23-15(11-20)12-4-6-13(18)7-5-12/h2-8,15H,9-11H2,1H3/t15-/m0/s1. The van der Waals surface area contributed by atoms with Gasteiger partial charge in [0.1, 0.15) is 11.9 Å². The second-order valence-electron chi connectivity index (χ2n) is 5.22. The summed E-state index contributed by atoms with van der Waals surface area (Å²) in [6.07, 6.45) is 1.42. The molecule has 0 aliphatic carbocycles. The SMILES string of the molecule is COc1cccnc1C(=O)N1CCO[C@H](c2ccc(Cl)cc2)C1. The molecule has 1 atom stereocenters. The van der Waals surface area contributed by atoms with Crippen LogP contribution in [0.3, 0.4) is 0 Å². The fourth-order valence-electron chi connectivity index (χ4n) is 2.58. The van der Waals surface area contributed by atoms with Crippen LogP contribution in [0.25, 0.3) is 0 Å². The molecule has 0 spiro atoms. The second-order valence-corrected chi connectivity index (χ2v) is 5.65. The van der Waals surface area contributed by atoms with Gasteiger partial charge in [-0.3, -0.25) is 4.79 Å². The average molecular weight is 333 g/mol. The van der Waals surface area contributed by atoms with Crippen LogP contribution in [0.2, 0.25) is 5.02 Å². The van der Waals surface area contributed by atoms with Crippen molar-refractivity contribution in [3.05, 3.63) is 58.9 Å². The van der Waals surface area contributed by atoms with Gasteiger partial charge in [0.15, 0.2) is 5.69 Å². The van der Waals surface area contributed by atoms with Crippen LogP contribution in [0.5, 0.6) is 5.75 Å². The number of halogens is 1. The number of rotatable bonds is 3. The number of morpholine rings is 1. The lowest BCUT2D eigenvalue weighted by molar-refractivity contribution is -0.0231. The number of hydrogen-bond donors (Lipinski definition) is 0. The highest BCUT2D eigenvalue weighted by Gasteiger charge is 2.28. The molecular weight excluding hydrogens is 316 g/mol. The Bertz CT molecular complexity index is 690. The van der Waals surface area contributed by atoms with Crippen LogP contribution in [0.1, 0.15) is 22.2 Å². The molecule has 1 amide bonds. The van der Waals surface area contributed by atoms with Crippen molar-refractivity contribution < 1.29 is 14.3 Å². The van der Waals surface area contributed by atoms with Gasteiger partial charge in [0.25, 0.3) is 5.91 Å². The molecule has 120 valence electrons. The summed E-state index contributed by atoms with van der Waals surface area (Å²) in [7, 11) is 1.53. The molecule has 1 aromatic heterocycles. The maximum absolute atomic E-state index is 12.7. The molecule has 3 rings (SSSR count). The van der Waals surface area contributed by atoms with E-state index < -0.39 is 0 Å². The number of amides is 1. The monoisotopic (exact) mass is 332 g/mol. The Hall–Kier alpha value is -2.11. The number of aromatic nitrogens is 1. The molecule has 1 aliphatic rings. The number of benzene rings is 1. The van der Waals surface area contributed by atoms with Crippen molar-refractivity contribution in [1.29, 1.82) is 0 Å². The largest absolute Gasteiger partial charge is 0.494 e. The van der Waals surface area contributed by atoms with E-state index in [0.717, 1.165) is 5.56 Å². The van der Waals surface area contributed by atoms with E-state index in [0.29, 0.717) is 36.2 Å². The molecule has 1 aliphatic heterocycles. The molecule has 0 N–H and O–H groups in total. The topological polar surface area (TPSA) is 51.7 Å². The minimum atomic E-state index is -0.167. The fourth-order valence-corrected chi connectivity index (χ4v) is 2.70. The first-order valence-corrected chi connectivity index (χ1v) is 7.72. The molecular formula is C17H17ClN2O3. The predicted molar refractivity (Wildman–Crippen MR) is 86.8 cm³/mol.